The molecule has 0 atom stereocenters. The maximum atomic E-state index is 13.2. The Labute approximate surface area is 182 Å². The zero-order valence-electron chi connectivity index (χ0n) is 18.8. The van der Waals surface area contributed by atoms with E-state index in [1.807, 2.05) is 32.0 Å². The third-order valence-corrected chi connectivity index (χ3v) is 6.65. The first-order valence-electron chi connectivity index (χ1n) is 10.2. The van der Waals surface area contributed by atoms with Crippen LogP contribution in [0.15, 0.2) is 30.3 Å². The molecule has 3 aromatic rings. The van der Waals surface area contributed by atoms with E-state index < -0.39 is 13.6 Å². The lowest BCUT2D eigenvalue weighted by Crippen LogP contribution is -2.18. The molecule has 3 rings (SSSR count). The number of nitrogens with zero attached hydrogens (tertiary/aromatic N) is 2. The van der Waals surface area contributed by atoms with Crippen LogP contribution in [0.25, 0.3) is 10.9 Å². The van der Waals surface area contributed by atoms with Crippen LogP contribution in [0.1, 0.15) is 42.8 Å². The van der Waals surface area contributed by atoms with Gasteiger partial charge in [-0.3, -0.25) is 0 Å². The minimum Gasteiger partial charge on any atom is -0.382 e. The second-order valence-electron chi connectivity index (χ2n) is 8.44. The number of hydrogen-bond acceptors (Lipinski definition) is 5. The molecule has 0 spiro atoms. The Balaban J connectivity index is 2.07. The second-order valence-corrected chi connectivity index (χ2v) is 11.6. The monoisotopic (exact) mass is 446 g/mol. The van der Waals surface area contributed by atoms with Crippen LogP contribution in [0.4, 0.5) is 20.3 Å². The van der Waals surface area contributed by atoms with E-state index in [9.17, 15) is 13.3 Å². The molecule has 2 aromatic carbocycles. The molecule has 0 fully saturated rings. The number of aromatic nitrogens is 2. The van der Waals surface area contributed by atoms with Gasteiger partial charge >= 0.3 is 0 Å². The fraction of sp³-hybridized carbons (Fsp3) is 0.391. The van der Waals surface area contributed by atoms with E-state index in [1.54, 1.807) is 33.2 Å². The van der Waals surface area contributed by atoms with Crippen molar-refractivity contribution in [2.75, 3.05) is 24.0 Å². The Hall–Kier alpha value is -2.53. The number of benzene rings is 2. The molecule has 0 amide bonds. The number of rotatable bonds is 7. The van der Waals surface area contributed by atoms with Gasteiger partial charge in [0, 0.05) is 34.5 Å². The van der Waals surface area contributed by atoms with Gasteiger partial charge in [0.05, 0.1) is 5.52 Å². The third kappa shape index (κ3) is 5.21. The van der Waals surface area contributed by atoms with Crippen molar-refractivity contribution >= 4 is 34.9 Å². The topological polar surface area (TPSA) is 66.9 Å². The van der Waals surface area contributed by atoms with E-state index in [1.165, 1.54) is 6.07 Å². The molecule has 8 heteroatoms. The van der Waals surface area contributed by atoms with Crippen LogP contribution in [0.3, 0.4) is 0 Å². The van der Waals surface area contributed by atoms with Gasteiger partial charge in [-0.25, -0.2) is 18.7 Å². The van der Waals surface area contributed by atoms with Gasteiger partial charge in [0.2, 0.25) is 0 Å². The van der Waals surface area contributed by atoms with Gasteiger partial charge in [-0.2, -0.15) is 0 Å². The summed E-state index contributed by atoms with van der Waals surface area (Å²) in [5, 5.41) is 8.14. The molecule has 1 heterocycles. The van der Waals surface area contributed by atoms with Crippen molar-refractivity contribution in [2.24, 2.45) is 0 Å². The van der Waals surface area contributed by atoms with E-state index in [2.05, 4.69) is 20.6 Å². The number of alkyl halides is 2. The molecule has 0 saturated carbocycles. The second kappa shape index (κ2) is 8.91. The summed E-state index contributed by atoms with van der Waals surface area (Å²) in [5.41, 5.74) is 2.91. The minimum absolute atomic E-state index is 0.0348. The summed E-state index contributed by atoms with van der Waals surface area (Å²) in [4.78, 5) is 9.09. The summed E-state index contributed by atoms with van der Waals surface area (Å²) in [6.07, 6.45) is -2.51. The summed E-state index contributed by atoms with van der Waals surface area (Å²) < 4.78 is 39.5. The van der Waals surface area contributed by atoms with Crippen LogP contribution in [-0.2, 0) is 11.1 Å². The molecule has 1 aromatic heterocycles. The summed E-state index contributed by atoms with van der Waals surface area (Å²) in [5.74, 6) is 1.18. The van der Waals surface area contributed by atoms with E-state index >= 15 is 0 Å². The van der Waals surface area contributed by atoms with Gasteiger partial charge in [-0.15, -0.1) is 0 Å². The number of nitrogens with one attached hydrogen (secondary N) is 2. The van der Waals surface area contributed by atoms with Gasteiger partial charge in [0.15, 0.2) is 0 Å². The van der Waals surface area contributed by atoms with Crippen LogP contribution in [-0.4, -0.2) is 29.3 Å². The van der Waals surface area contributed by atoms with Gasteiger partial charge in [0.1, 0.15) is 18.8 Å². The fourth-order valence-corrected chi connectivity index (χ4v) is 4.75. The van der Waals surface area contributed by atoms with Crippen LogP contribution >= 0.6 is 7.14 Å². The van der Waals surface area contributed by atoms with Gasteiger partial charge in [-0.1, -0.05) is 18.2 Å². The lowest BCUT2D eigenvalue weighted by atomic mass is 10.0. The zero-order valence-corrected chi connectivity index (χ0v) is 19.6. The normalized spacial score (nSPS) is 12.1. The van der Waals surface area contributed by atoms with Crippen molar-refractivity contribution in [1.82, 2.24) is 9.97 Å². The molecule has 0 radical (unpaired) electrons. The predicted octanol–water partition coefficient (Wildman–Crippen LogP) is 5.86. The average Bonchev–Trinajstić information content (AvgIpc) is 2.64. The van der Waals surface area contributed by atoms with Gasteiger partial charge in [0.25, 0.3) is 6.43 Å². The fourth-order valence-electron chi connectivity index (χ4n) is 3.60. The van der Waals surface area contributed by atoms with Gasteiger partial charge < -0.3 is 15.2 Å². The van der Waals surface area contributed by atoms with E-state index in [0.29, 0.717) is 23.8 Å². The highest BCUT2D eigenvalue weighted by atomic mass is 31.2. The number of halogens is 2. The Bertz CT molecular complexity index is 1160. The summed E-state index contributed by atoms with van der Waals surface area (Å²) in [7, 11) is -2.58. The number of aryl methyl sites for hydroxylation is 1. The first-order chi connectivity index (χ1) is 14.5. The molecule has 0 aliphatic carbocycles. The van der Waals surface area contributed by atoms with E-state index in [0.717, 1.165) is 27.5 Å². The Kier molecular flexibility index (Phi) is 6.65. The lowest BCUT2D eigenvalue weighted by molar-refractivity contribution is 0.150. The van der Waals surface area contributed by atoms with Gasteiger partial charge in [-0.05, 0) is 64.3 Å². The van der Waals surface area contributed by atoms with Crippen LogP contribution in [0, 0.1) is 13.8 Å². The van der Waals surface area contributed by atoms with Crippen molar-refractivity contribution in [3.05, 3.63) is 52.8 Å². The Morgan fingerprint density at radius 2 is 1.81 bits per heavy atom. The van der Waals surface area contributed by atoms with Crippen molar-refractivity contribution in [2.45, 2.75) is 46.7 Å². The maximum absolute atomic E-state index is 13.2. The SMILES string of the molecule is Cc1nc(NCc2cccc(C(F)F)c2C)c2cc(P(C)(C)=O)c(NC(C)C)cc2n1. The molecule has 2 N–H and O–H groups in total. The molecule has 0 saturated heterocycles. The Morgan fingerprint density at radius 3 is 2.42 bits per heavy atom. The van der Waals surface area contributed by atoms with Crippen LogP contribution < -0.4 is 15.9 Å². The van der Waals surface area contributed by atoms with Crippen molar-refractivity contribution in [3.8, 4) is 0 Å². The first-order valence-corrected chi connectivity index (χ1v) is 12.8. The highest BCUT2D eigenvalue weighted by Gasteiger charge is 2.20. The molecular weight excluding hydrogens is 417 g/mol. The van der Waals surface area contributed by atoms with Crippen molar-refractivity contribution in [1.29, 1.82) is 0 Å². The van der Waals surface area contributed by atoms with Crippen molar-refractivity contribution < 1.29 is 13.3 Å². The van der Waals surface area contributed by atoms with Crippen LogP contribution in [0.2, 0.25) is 0 Å². The molecule has 5 nitrogen and oxygen atoms in total. The minimum atomic E-state index is -2.58. The molecule has 31 heavy (non-hydrogen) atoms. The Morgan fingerprint density at radius 1 is 1.10 bits per heavy atom. The maximum Gasteiger partial charge on any atom is 0.264 e. The van der Waals surface area contributed by atoms with Crippen molar-refractivity contribution in [3.63, 3.8) is 0 Å². The molecule has 0 unspecified atom stereocenters. The highest BCUT2D eigenvalue weighted by molar-refractivity contribution is 7.70. The number of anilines is 2. The molecule has 0 aliphatic rings. The molecule has 0 bridgehead atoms. The number of hydrogen-bond donors (Lipinski definition) is 2. The predicted molar refractivity (Wildman–Crippen MR) is 126 cm³/mol. The first kappa shape index (κ1) is 23.1. The van der Waals surface area contributed by atoms with Crippen LogP contribution in [0.5, 0.6) is 0 Å². The highest BCUT2D eigenvalue weighted by Crippen LogP contribution is 2.40. The van der Waals surface area contributed by atoms with E-state index in [4.69, 9.17) is 0 Å². The summed E-state index contributed by atoms with van der Waals surface area (Å²) in [6.45, 7) is 11.4. The smallest absolute Gasteiger partial charge is 0.264 e. The summed E-state index contributed by atoms with van der Waals surface area (Å²) >= 11 is 0. The largest absolute Gasteiger partial charge is 0.382 e. The van der Waals surface area contributed by atoms with E-state index in [-0.39, 0.29) is 11.6 Å². The molecule has 166 valence electrons. The zero-order chi connectivity index (χ0) is 22.9. The molecule has 0 aliphatic heterocycles. The standard InChI is InChI=1S/C23H29F2N4OP/c1-13(2)27-20-11-19-18(10-21(20)31(5,6)30)23(29-15(4)28-19)26-12-16-8-7-9-17(14(16)3)22(24)25/h7-11,13,22,27H,12H2,1-6H3,(H,26,28,29). The quantitative estimate of drug-likeness (QED) is 0.445. The third-order valence-electron chi connectivity index (χ3n) is 5.12. The average molecular weight is 446 g/mol. The number of fused-ring (bicyclic) bond motifs is 1. The molecular formula is C23H29F2N4OP. The lowest BCUT2D eigenvalue weighted by Gasteiger charge is -2.20. The summed E-state index contributed by atoms with van der Waals surface area (Å²) in [6, 6.07) is 8.88.